The van der Waals surface area contributed by atoms with Gasteiger partial charge in [0.1, 0.15) is 24.4 Å². The van der Waals surface area contributed by atoms with Crippen LogP contribution in [0.15, 0.2) is 36.9 Å². The quantitative estimate of drug-likeness (QED) is 0.852. The van der Waals surface area contributed by atoms with Crippen molar-refractivity contribution in [2.75, 3.05) is 38.2 Å². The van der Waals surface area contributed by atoms with Crippen LogP contribution in [0.4, 0.5) is 5.69 Å². The summed E-state index contributed by atoms with van der Waals surface area (Å²) in [4.78, 5) is 20.8. The second-order valence-corrected chi connectivity index (χ2v) is 5.92. The van der Waals surface area contributed by atoms with Gasteiger partial charge in [-0.2, -0.15) is 5.10 Å². The van der Waals surface area contributed by atoms with E-state index in [4.69, 9.17) is 4.74 Å². The van der Waals surface area contributed by atoms with Gasteiger partial charge in [0.25, 0.3) is 0 Å². The van der Waals surface area contributed by atoms with Crippen LogP contribution in [0.1, 0.15) is 19.4 Å². The third kappa shape index (κ3) is 3.50. The minimum absolute atomic E-state index is 0.0945. The smallest absolute Gasteiger partial charge is 0.247 e. The van der Waals surface area contributed by atoms with Gasteiger partial charge in [-0.15, -0.1) is 0 Å². The highest BCUT2D eigenvalue weighted by Crippen LogP contribution is 2.21. The van der Waals surface area contributed by atoms with Crippen LogP contribution in [0, 0.1) is 0 Å². The standard InChI is InChI=1S/C17H23N5O2/c1-14(22-13-18-12-19-22)17(23)21-9-3-8-20(10-11-21)15-4-6-16(24-2)7-5-15/h4-7,12-14H,3,8-11H2,1-2H3/t14-/m0/s1. The van der Waals surface area contributed by atoms with Crippen molar-refractivity contribution in [3.63, 3.8) is 0 Å². The molecule has 0 unspecified atom stereocenters. The van der Waals surface area contributed by atoms with Gasteiger partial charge in [0.2, 0.25) is 5.91 Å². The Morgan fingerprint density at radius 1 is 1.17 bits per heavy atom. The Hall–Kier alpha value is -2.57. The first-order chi connectivity index (χ1) is 11.7. The maximum Gasteiger partial charge on any atom is 0.247 e. The minimum atomic E-state index is -0.319. The van der Waals surface area contributed by atoms with Crippen LogP contribution in [0.2, 0.25) is 0 Å². The summed E-state index contributed by atoms with van der Waals surface area (Å²) >= 11 is 0. The lowest BCUT2D eigenvalue weighted by atomic mass is 10.2. The normalized spacial score (nSPS) is 16.6. The third-order valence-electron chi connectivity index (χ3n) is 4.44. The lowest BCUT2D eigenvalue weighted by molar-refractivity contribution is -0.134. The maximum atomic E-state index is 12.7. The first-order valence-electron chi connectivity index (χ1n) is 8.21. The fraction of sp³-hybridized carbons (Fsp3) is 0.471. The molecular weight excluding hydrogens is 306 g/mol. The lowest BCUT2D eigenvalue weighted by Crippen LogP contribution is -2.39. The monoisotopic (exact) mass is 329 g/mol. The van der Waals surface area contributed by atoms with E-state index in [1.807, 2.05) is 24.0 Å². The molecule has 1 amide bonds. The summed E-state index contributed by atoms with van der Waals surface area (Å²) in [7, 11) is 1.67. The van der Waals surface area contributed by atoms with E-state index in [1.165, 1.54) is 6.33 Å². The Morgan fingerprint density at radius 2 is 1.96 bits per heavy atom. The average molecular weight is 329 g/mol. The molecule has 1 saturated heterocycles. The number of nitrogens with zero attached hydrogens (tertiary/aromatic N) is 5. The molecule has 2 aromatic rings. The molecule has 128 valence electrons. The van der Waals surface area contributed by atoms with E-state index in [0.717, 1.165) is 37.5 Å². The van der Waals surface area contributed by atoms with Gasteiger partial charge in [-0.05, 0) is 37.6 Å². The molecule has 0 saturated carbocycles. The summed E-state index contributed by atoms with van der Waals surface area (Å²) in [6.07, 6.45) is 3.99. The van der Waals surface area contributed by atoms with E-state index in [-0.39, 0.29) is 11.9 Å². The molecule has 0 N–H and O–H groups in total. The van der Waals surface area contributed by atoms with Gasteiger partial charge in [-0.3, -0.25) is 4.79 Å². The summed E-state index contributed by atoms with van der Waals surface area (Å²) in [5.74, 6) is 0.948. The number of aromatic nitrogens is 3. The second-order valence-electron chi connectivity index (χ2n) is 5.92. The van der Waals surface area contributed by atoms with Crippen LogP contribution in [-0.2, 0) is 4.79 Å². The Morgan fingerprint density at radius 3 is 2.62 bits per heavy atom. The molecule has 3 rings (SSSR count). The van der Waals surface area contributed by atoms with E-state index in [0.29, 0.717) is 6.54 Å². The summed E-state index contributed by atoms with van der Waals surface area (Å²) < 4.78 is 6.81. The molecule has 1 aliphatic rings. The molecule has 0 spiro atoms. The number of benzene rings is 1. The SMILES string of the molecule is COc1ccc(N2CCCN(C(=O)[C@H](C)n3cncn3)CC2)cc1. The lowest BCUT2D eigenvalue weighted by Gasteiger charge is -2.25. The Balaban J connectivity index is 1.63. The van der Waals surface area contributed by atoms with Gasteiger partial charge >= 0.3 is 0 Å². The second kappa shape index (κ2) is 7.33. The number of amides is 1. The van der Waals surface area contributed by atoms with Crippen molar-refractivity contribution in [1.29, 1.82) is 0 Å². The molecule has 1 aromatic carbocycles. The molecule has 1 atom stereocenters. The fourth-order valence-corrected chi connectivity index (χ4v) is 2.98. The van der Waals surface area contributed by atoms with Crippen molar-refractivity contribution in [2.45, 2.75) is 19.4 Å². The number of carbonyl (C=O) groups excluding carboxylic acids is 1. The van der Waals surface area contributed by atoms with Crippen LogP contribution >= 0.6 is 0 Å². The van der Waals surface area contributed by atoms with Crippen molar-refractivity contribution in [2.24, 2.45) is 0 Å². The van der Waals surface area contributed by atoms with Crippen LogP contribution in [0.5, 0.6) is 5.75 Å². The van der Waals surface area contributed by atoms with Gasteiger partial charge in [-0.25, -0.2) is 9.67 Å². The third-order valence-corrected chi connectivity index (χ3v) is 4.44. The number of rotatable bonds is 4. The number of methoxy groups -OCH3 is 1. The highest BCUT2D eigenvalue weighted by molar-refractivity contribution is 5.80. The van der Waals surface area contributed by atoms with Gasteiger partial charge < -0.3 is 14.5 Å². The van der Waals surface area contributed by atoms with Gasteiger partial charge in [0, 0.05) is 31.9 Å². The highest BCUT2D eigenvalue weighted by atomic mass is 16.5. The van der Waals surface area contributed by atoms with Crippen molar-refractivity contribution < 1.29 is 9.53 Å². The molecule has 0 radical (unpaired) electrons. The van der Waals surface area contributed by atoms with Crippen molar-refractivity contribution >= 4 is 11.6 Å². The minimum Gasteiger partial charge on any atom is -0.497 e. The molecular formula is C17H23N5O2. The number of anilines is 1. The summed E-state index contributed by atoms with van der Waals surface area (Å²) in [6.45, 7) is 5.10. The van der Waals surface area contributed by atoms with Crippen LogP contribution in [0.25, 0.3) is 0 Å². The van der Waals surface area contributed by atoms with Crippen LogP contribution in [0.3, 0.4) is 0 Å². The highest BCUT2D eigenvalue weighted by Gasteiger charge is 2.24. The van der Waals surface area contributed by atoms with E-state index in [1.54, 1.807) is 18.1 Å². The predicted octanol–water partition coefficient (Wildman–Crippen LogP) is 1.59. The van der Waals surface area contributed by atoms with Crippen molar-refractivity contribution in [3.8, 4) is 5.75 Å². The molecule has 7 nitrogen and oxygen atoms in total. The van der Waals surface area contributed by atoms with Crippen molar-refractivity contribution in [3.05, 3.63) is 36.9 Å². The molecule has 1 aliphatic heterocycles. The molecule has 2 heterocycles. The van der Waals surface area contributed by atoms with E-state index >= 15 is 0 Å². The van der Waals surface area contributed by atoms with E-state index in [2.05, 4.69) is 27.1 Å². The zero-order valence-electron chi connectivity index (χ0n) is 14.1. The average Bonchev–Trinajstić information content (AvgIpc) is 3.05. The summed E-state index contributed by atoms with van der Waals surface area (Å²) in [5.41, 5.74) is 1.16. The van der Waals surface area contributed by atoms with Crippen molar-refractivity contribution in [1.82, 2.24) is 19.7 Å². The number of hydrogen-bond donors (Lipinski definition) is 0. The zero-order chi connectivity index (χ0) is 16.9. The predicted molar refractivity (Wildman–Crippen MR) is 91.1 cm³/mol. The Kier molecular flexibility index (Phi) is 4.98. The Bertz CT molecular complexity index is 656. The van der Waals surface area contributed by atoms with E-state index in [9.17, 15) is 4.79 Å². The first kappa shape index (κ1) is 16.3. The molecule has 0 aliphatic carbocycles. The zero-order valence-corrected chi connectivity index (χ0v) is 14.1. The van der Waals surface area contributed by atoms with Gasteiger partial charge in [0.15, 0.2) is 0 Å². The topological polar surface area (TPSA) is 63.5 Å². The number of carbonyl (C=O) groups is 1. The fourth-order valence-electron chi connectivity index (χ4n) is 2.98. The molecule has 7 heteroatoms. The van der Waals surface area contributed by atoms with Crippen LogP contribution in [-0.4, -0.2) is 58.9 Å². The van der Waals surface area contributed by atoms with Gasteiger partial charge in [-0.1, -0.05) is 0 Å². The molecule has 0 bridgehead atoms. The summed E-state index contributed by atoms with van der Waals surface area (Å²) in [6, 6.07) is 7.74. The maximum absolute atomic E-state index is 12.7. The van der Waals surface area contributed by atoms with E-state index < -0.39 is 0 Å². The Labute approximate surface area is 141 Å². The van der Waals surface area contributed by atoms with Crippen LogP contribution < -0.4 is 9.64 Å². The first-order valence-corrected chi connectivity index (χ1v) is 8.21. The summed E-state index contributed by atoms with van der Waals surface area (Å²) in [5, 5.41) is 4.07. The number of hydrogen-bond acceptors (Lipinski definition) is 5. The largest absolute Gasteiger partial charge is 0.497 e. The molecule has 24 heavy (non-hydrogen) atoms. The number of ether oxygens (including phenoxy) is 1. The molecule has 1 aromatic heterocycles. The molecule has 1 fully saturated rings. The van der Waals surface area contributed by atoms with Gasteiger partial charge in [0.05, 0.1) is 7.11 Å².